The highest BCUT2D eigenvalue weighted by Crippen LogP contribution is 2.47. The number of fused-ring (bicyclic) bond motifs is 6. The molecule has 2 fully saturated rings. The number of thiophene rings is 1. The summed E-state index contributed by atoms with van der Waals surface area (Å²) >= 11 is 3.07. The molecule has 2 aromatic carbocycles. The van der Waals surface area contributed by atoms with E-state index in [9.17, 15) is 4.79 Å². The van der Waals surface area contributed by atoms with Gasteiger partial charge in [-0.1, -0.05) is 65.3 Å². The maximum atomic E-state index is 16.3. The van der Waals surface area contributed by atoms with E-state index in [2.05, 4.69) is 57.9 Å². The van der Waals surface area contributed by atoms with E-state index in [0.29, 0.717) is 57.3 Å². The van der Waals surface area contributed by atoms with Gasteiger partial charge in [-0.25, -0.2) is 19.2 Å². The third-order valence-electron chi connectivity index (χ3n) is 11.7. The fourth-order valence-corrected chi connectivity index (χ4v) is 16.1. The van der Waals surface area contributed by atoms with Gasteiger partial charge in [-0.2, -0.15) is 0 Å². The Morgan fingerprint density at radius 1 is 1.02 bits per heavy atom. The number of piperazine rings is 1. The van der Waals surface area contributed by atoms with Gasteiger partial charge in [-0.3, -0.25) is 9.88 Å². The number of hydrogen-bond donors (Lipinski definition) is 0. The van der Waals surface area contributed by atoms with Crippen molar-refractivity contribution in [3.8, 4) is 28.5 Å². The predicted octanol–water partition coefficient (Wildman–Crippen LogP) is 11.1. The molecule has 5 aromatic rings. The first-order valence-electron chi connectivity index (χ1n) is 19.9. The lowest BCUT2D eigenvalue weighted by atomic mass is 9.96. The van der Waals surface area contributed by atoms with Crippen LogP contribution in [0.5, 0.6) is 5.75 Å². The van der Waals surface area contributed by atoms with E-state index in [4.69, 9.17) is 29.2 Å². The lowest BCUT2D eigenvalue weighted by Gasteiger charge is -2.42. The van der Waals surface area contributed by atoms with Crippen LogP contribution in [0.1, 0.15) is 80.7 Å². The zero-order valence-electron chi connectivity index (χ0n) is 34.9. The number of halogens is 1. The number of carbonyl (C=O) groups excluding carboxylic acids is 1. The molecule has 57 heavy (non-hydrogen) atoms. The smallest absolute Gasteiger partial charge is 0.410 e. The summed E-state index contributed by atoms with van der Waals surface area (Å²) < 4.78 is 34.4. The van der Waals surface area contributed by atoms with Crippen molar-refractivity contribution in [1.82, 2.24) is 19.9 Å². The highest BCUT2D eigenvalue weighted by atomic mass is 32.2. The molecule has 302 valence electrons. The molecule has 2 aliphatic heterocycles. The van der Waals surface area contributed by atoms with Crippen LogP contribution < -0.4 is 9.64 Å². The molecular formula is C44H54FN5O4S2Si. The largest absolute Gasteiger partial charge is 0.468 e. The summed E-state index contributed by atoms with van der Waals surface area (Å²) in [4.78, 5) is 33.6. The minimum atomic E-state index is -2.20. The van der Waals surface area contributed by atoms with Crippen LogP contribution in [0.3, 0.4) is 0 Å². The summed E-state index contributed by atoms with van der Waals surface area (Å²) in [5.41, 5.74) is 6.19. The van der Waals surface area contributed by atoms with E-state index in [-0.39, 0.29) is 30.8 Å². The third kappa shape index (κ3) is 7.59. The molecule has 1 amide bonds. The zero-order valence-corrected chi connectivity index (χ0v) is 37.6. The first-order chi connectivity index (χ1) is 27.1. The number of benzene rings is 2. The minimum Gasteiger partial charge on any atom is -0.468 e. The first-order valence-corrected chi connectivity index (χ1v) is 24.2. The standard InChI is InChI=1S/C44H54FN5O4S2Si/c1-25(2)57(26(3)4,27(5)6)19-17-32-35(45)15-12-28-20-31(53-24-52-10)21-34(36(28)32)38-39-33(16-18-46-38)37-40(47-42(55-11)48-41(37)56-39)49-22-29-13-14-30(23-49)50(29)43(51)54-44(7,8)9/h12,15-16,18,20-21,25-27,29-30H,13-14,22-24H2,1-11H3/t29-,30+. The van der Waals surface area contributed by atoms with Crippen LogP contribution >= 0.6 is 23.1 Å². The molecule has 0 spiro atoms. The predicted molar refractivity (Wildman–Crippen MR) is 235 cm³/mol. The van der Waals surface area contributed by atoms with E-state index in [1.165, 1.54) is 17.8 Å². The Morgan fingerprint density at radius 2 is 1.70 bits per heavy atom. The first kappa shape index (κ1) is 41.2. The average molecular weight is 828 g/mol. The molecule has 2 bridgehead atoms. The number of thioether (sulfide) groups is 1. The van der Waals surface area contributed by atoms with Gasteiger partial charge >= 0.3 is 6.09 Å². The lowest BCUT2D eigenvalue weighted by molar-refractivity contribution is 0.0122. The second-order valence-electron chi connectivity index (χ2n) is 17.2. The topological polar surface area (TPSA) is 89.9 Å². The number of nitrogens with zero attached hydrogens (tertiary/aromatic N) is 5. The Balaban J connectivity index is 1.43. The number of pyridine rings is 1. The number of anilines is 1. The van der Waals surface area contributed by atoms with Crippen molar-refractivity contribution in [2.24, 2.45) is 0 Å². The van der Waals surface area contributed by atoms with Gasteiger partial charge in [0.15, 0.2) is 11.9 Å². The summed E-state index contributed by atoms with van der Waals surface area (Å²) in [5, 5.41) is 4.10. The molecule has 0 N–H and O–H groups in total. The van der Waals surface area contributed by atoms with Crippen molar-refractivity contribution in [3.05, 3.63) is 47.9 Å². The maximum absolute atomic E-state index is 16.3. The Hall–Kier alpha value is -3.96. The summed E-state index contributed by atoms with van der Waals surface area (Å²) in [6.45, 7) is 20.7. The molecule has 13 heteroatoms. The molecule has 0 radical (unpaired) electrons. The van der Waals surface area contributed by atoms with Crippen LogP contribution in [0.4, 0.5) is 15.0 Å². The molecule has 9 nitrogen and oxygen atoms in total. The zero-order chi connectivity index (χ0) is 41.0. The second kappa shape index (κ2) is 16.0. The Kier molecular flexibility index (Phi) is 11.6. The molecular weight excluding hydrogens is 774 g/mol. The normalized spacial score (nSPS) is 17.4. The number of amides is 1. The summed E-state index contributed by atoms with van der Waals surface area (Å²) in [6.07, 6.45) is 5.37. The highest BCUT2D eigenvalue weighted by molar-refractivity contribution is 7.98. The Labute approximate surface area is 345 Å². The number of rotatable bonds is 9. The molecule has 0 saturated carbocycles. The Bertz CT molecular complexity index is 2370. The quantitative estimate of drug-likeness (QED) is 0.0474. The second-order valence-corrected chi connectivity index (χ2v) is 24.6. The van der Waals surface area contributed by atoms with Gasteiger partial charge < -0.3 is 19.1 Å². The van der Waals surface area contributed by atoms with Crippen molar-refractivity contribution in [1.29, 1.82) is 0 Å². The van der Waals surface area contributed by atoms with Crippen molar-refractivity contribution in [2.45, 2.75) is 115 Å². The molecule has 0 aliphatic carbocycles. The molecule has 2 atom stereocenters. The van der Waals surface area contributed by atoms with E-state index in [0.717, 1.165) is 49.9 Å². The van der Waals surface area contributed by atoms with Crippen molar-refractivity contribution in [2.75, 3.05) is 38.1 Å². The number of hydrogen-bond acceptors (Lipinski definition) is 10. The van der Waals surface area contributed by atoms with Crippen molar-refractivity contribution < 1.29 is 23.4 Å². The highest BCUT2D eigenvalue weighted by Gasteiger charge is 2.45. The van der Waals surface area contributed by atoms with Crippen LogP contribution in [0, 0.1) is 17.3 Å². The number of ether oxygens (including phenoxy) is 3. The average Bonchev–Trinajstić information content (AvgIpc) is 3.66. The van der Waals surface area contributed by atoms with Crippen molar-refractivity contribution >= 4 is 74.2 Å². The van der Waals surface area contributed by atoms with Gasteiger partial charge in [0.1, 0.15) is 35.9 Å². The van der Waals surface area contributed by atoms with Gasteiger partial charge in [0, 0.05) is 42.7 Å². The third-order valence-corrected chi connectivity index (χ3v) is 19.6. The number of carbonyl (C=O) groups is 1. The molecule has 5 heterocycles. The fraction of sp³-hybridized carbons (Fsp3) is 0.500. The maximum Gasteiger partial charge on any atom is 0.410 e. The van der Waals surface area contributed by atoms with Gasteiger partial charge in [-0.05, 0) is 86.1 Å². The van der Waals surface area contributed by atoms with Gasteiger partial charge in [0.2, 0.25) is 0 Å². The summed E-state index contributed by atoms with van der Waals surface area (Å²) in [6, 6.07) is 9.22. The Morgan fingerprint density at radius 3 is 2.32 bits per heavy atom. The molecule has 7 rings (SSSR count). The monoisotopic (exact) mass is 827 g/mol. The van der Waals surface area contributed by atoms with Crippen LogP contribution in [0.2, 0.25) is 16.6 Å². The van der Waals surface area contributed by atoms with E-state index >= 15 is 4.39 Å². The summed E-state index contributed by atoms with van der Waals surface area (Å²) in [5.74, 6) is 4.55. The van der Waals surface area contributed by atoms with Crippen LogP contribution in [0.25, 0.3) is 42.3 Å². The minimum absolute atomic E-state index is 0.0167. The number of methoxy groups -OCH3 is 1. The van der Waals surface area contributed by atoms with E-state index in [1.807, 2.05) is 56.3 Å². The van der Waals surface area contributed by atoms with Gasteiger partial charge in [0.05, 0.1) is 33.4 Å². The van der Waals surface area contributed by atoms with Crippen LogP contribution in [-0.2, 0) is 9.47 Å². The number of aromatic nitrogens is 3. The van der Waals surface area contributed by atoms with E-state index < -0.39 is 13.7 Å². The van der Waals surface area contributed by atoms with Gasteiger partial charge in [-0.15, -0.1) is 16.9 Å². The van der Waals surface area contributed by atoms with Crippen LogP contribution in [0.15, 0.2) is 41.7 Å². The lowest BCUT2D eigenvalue weighted by Crippen LogP contribution is -2.57. The molecule has 3 aromatic heterocycles. The summed E-state index contributed by atoms with van der Waals surface area (Å²) in [7, 11) is -0.617. The van der Waals surface area contributed by atoms with Crippen molar-refractivity contribution in [3.63, 3.8) is 0 Å². The molecule has 2 aliphatic rings. The van der Waals surface area contributed by atoms with Crippen LogP contribution in [-0.4, -0.2) is 85.0 Å². The molecule has 0 unspecified atom stereocenters. The van der Waals surface area contributed by atoms with Gasteiger partial charge in [0.25, 0.3) is 0 Å². The van der Waals surface area contributed by atoms with E-state index in [1.54, 1.807) is 24.5 Å². The molecule has 2 saturated heterocycles. The SMILES string of the molecule is COCOc1cc(-c2nccc3c2sc2nc(SC)nc(N4C[C@H]5CC[C@@H](C4)N5C(=O)OC(C)(C)C)c23)c2c(C#C[Si](C(C)C)(C(C)C)C(C)C)c(F)ccc2c1. The fourth-order valence-electron chi connectivity index (χ4n) is 9.30.